The first kappa shape index (κ1) is 17.9. The highest BCUT2D eigenvalue weighted by molar-refractivity contribution is 5.84. The third-order valence-electron chi connectivity index (χ3n) is 3.76. The van der Waals surface area contributed by atoms with E-state index in [1.165, 1.54) is 12.1 Å². The summed E-state index contributed by atoms with van der Waals surface area (Å²) >= 11 is 0. The lowest BCUT2D eigenvalue weighted by molar-refractivity contribution is 0.190. The Morgan fingerprint density at radius 1 is 0.917 bits per heavy atom. The highest BCUT2D eigenvalue weighted by atomic mass is 16.5. The molecule has 0 saturated heterocycles. The van der Waals surface area contributed by atoms with E-state index >= 15 is 0 Å². The molecule has 0 bridgehead atoms. The van der Waals surface area contributed by atoms with Crippen molar-refractivity contribution in [2.45, 2.75) is 0 Å². The number of nitrogens with zero attached hydrogens (tertiary/aromatic N) is 1. The van der Waals surface area contributed by atoms with Gasteiger partial charge >= 0.3 is 0 Å². The lowest BCUT2D eigenvalue weighted by Gasteiger charge is -2.27. The average Bonchev–Trinajstić information content (AvgIpc) is 2.55. The number of rotatable bonds is 8. The molecule has 0 spiro atoms. The van der Waals surface area contributed by atoms with Crippen LogP contribution in [0.2, 0.25) is 0 Å². The van der Waals surface area contributed by atoms with Crippen molar-refractivity contribution in [2.75, 3.05) is 51.2 Å². The fourth-order valence-electron chi connectivity index (χ4n) is 2.55. The maximum atomic E-state index is 10.2. The molecular formula is C18H24N2O4. The van der Waals surface area contributed by atoms with E-state index in [4.69, 9.17) is 15.2 Å². The van der Waals surface area contributed by atoms with Gasteiger partial charge in [-0.2, -0.15) is 0 Å². The molecule has 0 radical (unpaired) electrons. The number of hydrogen-bond acceptors (Lipinski definition) is 6. The smallest absolute Gasteiger partial charge is 0.127 e. The first-order valence-corrected chi connectivity index (χ1v) is 7.71. The number of ether oxygens (including phenoxy) is 2. The van der Waals surface area contributed by atoms with Gasteiger partial charge in [0, 0.05) is 55.9 Å². The number of aromatic hydroxyl groups is 2. The van der Waals surface area contributed by atoms with Gasteiger partial charge in [-0.15, -0.1) is 0 Å². The summed E-state index contributed by atoms with van der Waals surface area (Å²) in [5.41, 5.74) is 8.86. The Balaban J connectivity index is 2.48. The molecule has 0 aliphatic carbocycles. The molecule has 2 aromatic carbocycles. The average molecular weight is 332 g/mol. The molecule has 4 N–H and O–H groups in total. The Bertz CT molecular complexity index is 668. The Morgan fingerprint density at radius 2 is 1.58 bits per heavy atom. The summed E-state index contributed by atoms with van der Waals surface area (Å²) in [5.74, 6) is 0.0117. The molecule has 130 valence electrons. The highest BCUT2D eigenvalue weighted by Crippen LogP contribution is 2.39. The number of nitrogen functional groups attached to an aromatic ring is 1. The molecule has 6 nitrogen and oxygen atoms in total. The third-order valence-corrected chi connectivity index (χ3v) is 3.76. The fraction of sp³-hybridized carbons (Fsp3) is 0.333. The van der Waals surface area contributed by atoms with Crippen LogP contribution in [-0.2, 0) is 9.47 Å². The summed E-state index contributed by atoms with van der Waals surface area (Å²) in [5, 5.41) is 19.7. The Kier molecular flexibility index (Phi) is 6.28. The van der Waals surface area contributed by atoms with Crippen molar-refractivity contribution < 1.29 is 19.7 Å². The standard InChI is InChI=1S/C18H24N2O4/c1-23-9-7-20(8-10-24-2)17-6-3-13(19)11-16(17)15-5-4-14(21)12-18(15)22/h3-6,11-12,21-22H,7-10,19H2,1-2H3. The predicted molar refractivity (Wildman–Crippen MR) is 95.6 cm³/mol. The van der Waals surface area contributed by atoms with Crippen molar-refractivity contribution in [2.24, 2.45) is 0 Å². The monoisotopic (exact) mass is 332 g/mol. The van der Waals surface area contributed by atoms with Gasteiger partial charge in [0.05, 0.1) is 13.2 Å². The number of hydrogen-bond donors (Lipinski definition) is 3. The van der Waals surface area contributed by atoms with Crippen molar-refractivity contribution in [1.82, 2.24) is 0 Å². The maximum Gasteiger partial charge on any atom is 0.127 e. The van der Waals surface area contributed by atoms with Gasteiger partial charge in [0.2, 0.25) is 0 Å². The molecule has 0 fully saturated rings. The Hall–Kier alpha value is -2.44. The summed E-state index contributed by atoms with van der Waals surface area (Å²) in [4.78, 5) is 2.12. The van der Waals surface area contributed by atoms with E-state index in [2.05, 4.69) is 4.90 Å². The normalized spacial score (nSPS) is 10.8. The highest BCUT2D eigenvalue weighted by Gasteiger charge is 2.16. The molecule has 24 heavy (non-hydrogen) atoms. The van der Waals surface area contributed by atoms with Gasteiger partial charge < -0.3 is 30.3 Å². The number of nitrogens with two attached hydrogens (primary N) is 1. The molecule has 2 aromatic rings. The van der Waals surface area contributed by atoms with Crippen molar-refractivity contribution >= 4 is 11.4 Å². The molecule has 0 atom stereocenters. The molecule has 2 rings (SSSR count). The van der Waals surface area contributed by atoms with E-state index in [1.54, 1.807) is 20.3 Å². The number of methoxy groups -OCH3 is 2. The zero-order chi connectivity index (χ0) is 17.5. The van der Waals surface area contributed by atoms with Crippen molar-refractivity contribution in [3.8, 4) is 22.6 Å². The second-order valence-corrected chi connectivity index (χ2v) is 5.45. The first-order chi connectivity index (χ1) is 11.6. The molecule has 0 amide bonds. The molecule has 0 aliphatic heterocycles. The van der Waals surface area contributed by atoms with Crippen LogP contribution in [0.15, 0.2) is 36.4 Å². The molecule has 0 aromatic heterocycles. The van der Waals surface area contributed by atoms with Crippen molar-refractivity contribution in [3.05, 3.63) is 36.4 Å². The van der Waals surface area contributed by atoms with Gasteiger partial charge in [-0.25, -0.2) is 0 Å². The fourth-order valence-corrected chi connectivity index (χ4v) is 2.55. The second-order valence-electron chi connectivity index (χ2n) is 5.45. The van der Waals surface area contributed by atoms with Crippen LogP contribution in [0.3, 0.4) is 0 Å². The minimum atomic E-state index is 0.000262. The predicted octanol–water partition coefficient (Wildman–Crippen LogP) is 2.45. The van der Waals surface area contributed by atoms with E-state index in [9.17, 15) is 10.2 Å². The van der Waals surface area contributed by atoms with Gasteiger partial charge in [0.25, 0.3) is 0 Å². The topological polar surface area (TPSA) is 88.2 Å². The number of phenols is 2. The van der Waals surface area contributed by atoms with E-state index < -0.39 is 0 Å². The van der Waals surface area contributed by atoms with Crippen molar-refractivity contribution in [1.29, 1.82) is 0 Å². The van der Waals surface area contributed by atoms with Crippen LogP contribution in [0, 0.1) is 0 Å². The minimum Gasteiger partial charge on any atom is -0.508 e. The van der Waals surface area contributed by atoms with Crippen LogP contribution in [-0.4, -0.2) is 50.7 Å². The summed E-state index contributed by atoms with van der Waals surface area (Å²) in [6, 6.07) is 10.1. The number of anilines is 2. The molecule has 0 unspecified atom stereocenters. The lowest BCUT2D eigenvalue weighted by Crippen LogP contribution is -2.31. The summed E-state index contributed by atoms with van der Waals surface area (Å²) in [7, 11) is 3.31. The molecule has 0 aliphatic rings. The molecule has 0 saturated carbocycles. The maximum absolute atomic E-state index is 10.2. The first-order valence-electron chi connectivity index (χ1n) is 7.71. The summed E-state index contributed by atoms with van der Waals surface area (Å²) < 4.78 is 10.4. The van der Waals surface area contributed by atoms with Crippen LogP contribution in [0.4, 0.5) is 11.4 Å². The van der Waals surface area contributed by atoms with Crippen LogP contribution >= 0.6 is 0 Å². The Labute approximate surface area is 142 Å². The van der Waals surface area contributed by atoms with Gasteiger partial charge in [0.15, 0.2) is 0 Å². The summed E-state index contributed by atoms with van der Waals surface area (Å²) in [6.45, 7) is 2.48. The number of benzene rings is 2. The quantitative estimate of drug-likeness (QED) is 0.644. The molecular weight excluding hydrogens is 308 g/mol. The second kappa shape index (κ2) is 8.42. The van der Waals surface area contributed by atoms with E-state index in [1.807, 2.05) is 18.2 Å². The van der Waals surface area contributed by atoms with Gasteiger partial charge in [-0.05, 0) is 30.3 Å². The molecule has 6 heteroatoms. The third kappa shape index (κ3) is 4.31. The van der Waals surface area contributed by atoms with E-state index in [0.717, 1.165) is 11.3 Å². The van der Waals surface area contributed by atoms with Crippen LogP contribution in [0.5, 0.6) is 11.5 Å². The zero-order valence-electron chi connectivity index (χ0n) is 14.0. The van der Waals surface area contributed by atoms with E-state index in [-0.39, 0.29) is 11.5 Å². The van der Waals surface area contributed by atoms with Crippen LogP contribution in [0.1, 0.15) is 0 Å². The van der Waals surface area contributed by atoms with Crippen LogP contribution in [0.25, 0.3) is 11.1 Å². The largest absolute Gasteiger partial charge is 0.508 e. The van der Waals surface area contributed by atoms with Crippen molar-refractivity contribution in [3.63, 3.8) is 0 Å². The zero-order valence-corrected chi connectivity index (χ0v) is 14.0. The number of phenolic OH excluding ortho intramolecular Hbond substituents is 2. The lowest BCUT2D eigenvalue weighted by atomic mass is 10.0. The van der Waals surface area contributed by atoms with Gasteiger partial charge in [-0.1, -0.05) is 0 Å². The summed E-state index contributed by atoms with van der Waals surface area (Å²) in [6.07, 6.45) is 0. The SMILES string of the molecule is COCCN(CCOC)c1ccc(N)cc1-c1ccc(O)cc1O. The Morgan fingerprint density at radius 3 is 2.17 bits per heavy atom. The minimum absolute atomic E-state index is 0.000262. The van der Waals surface area contributed by atoms with Crippen LogP contribution < -0.4 is 10.6 Å². The molecule has 0 heterocycles. The van der Waals surface area contributed by atoms with Gasteiger partial charge in [0.1, 0.15) is 11.5 Å². The van der Waals surface area contributed by atoms with E-state index in [0.29, 0.717) is 37.6 Å². The van der Waals surface area contributed by atoms with Gasteiger partial charge in [-0.3, -0.25) is 0 Å².